The van der Waals surface area contributed by atoms with E-state index >= 15 is 0 Å². The number of hydrogen-bond donors (Lipinski definition) is 2. The van der Waals surface area contributed by atoms with Gasteiger partial charge in [-0.05, 0) is 60.9 Å². The molecular formula is C15H15FN2O2S. The summed E-state index contributed by atoms with van der Waals surface area (Å²) in [5.41, 5.74) is 2.90. The second-order valence-corrected chi connectivity index (χ2v) is 6.74. The van der Waals surface area contributed by atoms with E-state index in [1.165, 1.54) is 18.2 Å². The van der Waals surface area contributed by atoms with Crippen molar-refractivity contribution in [1.82, 2.24) is 0 Å². The molecule has 0 bridgehead atoms. The molecule has 6 heteroatoms. The van der Waals surface area contributed by atoms with E-state index in [2.05, 4.69) is 10.0 Å². The molecule has 1 heterocycles. The number of fused-ring (bicyclic) bond motifs is 1. The van der Waals surface area contributed by atoms with Crippen molar-refractivity contribution in [2.75, 3.05) is 16.6 Å². The van der Waals surface area contributed by atoms with Gasteiger partial charge >= 0.3 is 0 Å². The predicted molar refractivity (Wildman–Crippen MR) is 80.6 cm³/mol. The summed E-state index contributed by atoms with van der Waals surface area (Å²) < 4.78 is 40.4. The van der Waals surface area contributed by atoms with Crippen molar-refractivity contribution < 1.29 is 12.8 Å². The third kappa shape index (κ3) is 2.71. The van der Waals surface area contributed by atoms with Crippen LogP contribution < -0.4 is 10.0 Å². The quantitative estimate of drug-likeness (QED) is 0.916. The van der Waals surface area contributed by atoms with E-state index in [9.17, 15) is 12.8 Å². The highest BCUT2D eigenvalue weighted by Gasteiger charge is 2.19. The molecule has 2 aromatic carbocycles. The van der Waals surface area contributed by atoms with E-state index < -0.39 is 10.0 Å². The van der Waals surface area contributed by atoms with E-state index in [4.69, 9.17) is 0 Å². The normalized spacial score (nSPS) is 13.6. The molecule has 1 aliphatic rings. The van der Waals surface area contributed by atoms with Crippen molar-refractivity contribution in [3.8, 4) is 0 Å². The van der Waals surface area contributed by atoms with E-state index in [0.717, 1.165) is 24.2 Å². The Balaban J connectivity index is 1.93. The van der Waals surface area contributed by atoms with Gasteiger partial charge in [0.1, 0.15) is 5.82 Å². The second kappa shape index (κ2) is 5.04. The summed E-state index contributed by atoms with van der Waals surface area (Å²) >= 11 is 0. The molecule has 0 radical (unpaired) electrons. The molecule has 21 heavy (non-hydrogen) atoms. The number of rotatable bonds is 3. The standard InChI is InChI=1S/C15H15FN2O2S/c1-10-8-12(16)2-4-14(10)18-21(19,20)13-3-5-15-11(9-13)6-7-17-15/h2-5,8-9,17-18H,6-7H2,1H3. The second-order valence-electron chi connectivity index (χ2n) is 5.06. The summed E-state index contributed by atoms with van der Waals surface area (Å²) in [5, 5.41) is 3.19. The Bertz CT molecular complexity index is 803. The summed E-state index contributed by atoms with van der Waals surface area (Å²) in [4.78, 5) is 0.216. The van der Waals surface area contributed by atoms with Gasteiger partial charge < -0.3 is 5.32 Å². The number of anilines is 2. The van der Waals surface area contributed by atoms with Gasteiger partial charge in [0.15, 0.2) is 0 Å². The van der Waals surface area contributed by atoms with E-state index in [0.29, 0.717) is 11.3 Å². The Hall–Kier alpha value is -2.08. The van der Waals surface area contributed by atoms with Crippen molar-refractivity contribution in [2.24, 2.45) is 0 Å². The van der Waals surface area contributed by atoms with Crippen LogP contribution in [0.25, 0.3) is 0 Å². The van der Waals surface area contributed by atoms with Gasteiger partial charge in [0.2, 0.25) is 0 Å². The fourth-order valence-electron chi connectivity index (χ4n) is 2.39. The molecule has 0 atom stereocenters. The molecule has 0 saturated carbocycles. The van der Waals surface area contributed by atoms with Crippen LogP contribution in [0, 0.1) is 12.7 Å². The Morgan fingerprint density at radius 1 is 1.19 bits per heavy atom. The lowest BCUT2D eigenvalue weighted by molar-refractivity contribution is 0.601. The van der Waals surface area contributed by atoms with Gasteiger partial charge in [0, 0.05) is 12.2 Å². The average molecular weight is 306 g/mol. The Labute approximate surface area is 123 Å². The smallest absolute Gasteiger partial charge is 0.261 e. The Morgan fingerprint density at radius 2 is 2.00 bits per heavy atom. The largest absolute Gasteiger partial charge is 0.384 e. The summed E-state index contributed by atoms with van der Waals surface area (Å²) in [6, 6.07) is 8.97. The summed E-state index contributed by atoms with van der Waals surface area (Å²) in [7, 11) is -3.67. The van der Waals surface area contributed by atoms with Crippen LogP contribution >= 0.6 is 0 Å². The van der Waals surface area contributed by atoms with Crippen molar-refractivity contribution in [3.63, 3.8) is 0 Å². The minimum atomic E-state index is -3.67. The Morgan fingerprint density at radius 3 is 2.76 bits per heavy atom. The first-order chi connectivity index (χ1) is 9.95. The number of nitrogens with one attached hydrogen (secondary N) is 2. The first-order valence-corrected chi connectivity index (χ1v) is 8.10. The molecule has 0 unspecified atom stereocenters. The molecule has 2 N–H and O–H groups in total. The van der Waals surface area contributed by atoms with Gasteiger partial charge in [0.25, 0.3) is 10.0 Å². The molecule has 3 rings (SSSR count). The molecule has 0 aromatic heterocycles. The topological polar surface area (TPSA) is 58.2 Å². The summed E-state index contributed by atoms with van der Waals surface area (Å²) in [6.45, 7) is 2.48. The van der Waals surface area contributed by atoms with Crippen molar-refractivity contribution in [3.05, 3.63) is 53.3 Å². The fourth-order valence-corrected chi connectivity index (χ4v) is 3.57. The number of halogens is 1. The SMILES string of the molecule is Cc1cc(F)ccc1NS(=O)(=O)c1ccc2c(c1)CCN2. The number of aryl methyl sites for hydroxylation is 1. The fraction of sp³-hybridized carbons (Fsp3) is 0.200. The zero-order valence-corrected chi connectivity index (χ0v) is 12.3. The van der Waals surface area contributed by atoms with Gasteiger partial charge in [-0.25, -0.2) is 12.8 Å². The molecule has 0 fully saturated rings. The maximum atomic E-state index is 13.1. The van der Waals surface area contributed by atoms with E-state index in [1.807, 2.05) is 0 Å². The Kier molecular flexibility index (Phi) is 3.33. The first-order valence-electron chi connectivity index (χ1n) is 6.61. The summed E-state index contributed by atoms with van der Waals surface area (Å²) in [6.07, 6.45) is 0.814. The van der Waals surface area contributed by atoms with Crippen LogP contribution in [-0.2, 0) is 16.4 Å². The van der Waals surface area contributed by atoms with Crippen LogP contribution in [0.3, 0.4) is 0 Å². The summed E-state index contributed by atoms with van der Waals surface area (Å²) in [5.74, 6) is -0.390. The average Bonchev–Trinajstić information content (AvgIpc) is 2.89. The highest BCUT2D eigenvalue weighted by atomic mass is 32.2. The molecule has 1 aliphatic heterocycles. The molecule has 0 aliphatic carbocycles. The number of hydrogen-bond acceptors (Lipinski definition) is 3. The third-order valence-corrected chi connectivity index (χ3v) is 4.89. The number of sulfonamides is 1. The molecule has 0 spiro atoms. The minimum absolute atomic E-state index is 0.216. The maximum Gasteiger partial charge on any atom is 0.261 e. The number of benzene rings is 2. The minimum Gasteiger partial charge on any atom is -0.384 e. The molecule has 0 saturated heterocycles. The highest BCUT2D eigenvalue weighted by Crippen LogP contribution is 2.27. The van der Waals surface area contributed by atoms with Crippen molar-refractivity contribution in [2.45, 2.75) is 18.2 Å². The van der Waals surface area contributed by atoms with Crippen LogP contribution in [0.1, 0.15) is 11.1 Å². The predicted octanol–water partition coefficient (Wildman–Crippen LogP) is 2.90. The van der Waals surface area contributed by atoms with Gasteiger partial charge in [0.05, 0.1) is 10.6 Å². The van der Waals surface area contributed by atoms with Gasteiger partial charge in [-0.1, -0.05) is 0 Å². The monoisotopic (exact) mass is 306 g/mol. The van der Waals surface area contributed by atoms with E-state index in [1.54, 1.807) is 25.1 Å². The molecule has 0 amide bonds. The lowest BCUT2D eigenvalue weighted by atomic mass is 10.2. The molecule has 4 nitrogen and oxygen atoms in total. The van der Waals surface area contributed by atoms with E-state index in [-0.39, 0.29) is 10.7 Å². The van der Waals surface area contributed by atoms with Crippen LogP contribution in [0.15, 0.2) is 41.3 Å². The third-order valence-electron chi connectivity index (χ3n) is 3.53. The molecule has 110 valence electrons. The van der Waals surface area contributed by atoms with Gasteiger partial charge in [-0.3, -0.25) is 4.72 Å². The molecule has 2 aromatic rings. The van der Waals surface area contributed by atoms with Crippen LogP contribution in [0.5, 0.6) is 0 Å². The zero-order chi connectivity index (χ0) is 15.0. The van der Waals surface area contributed by atoms with Crippen LogP contribution in [0.2, 0.25) is 0 Å². The van der Waals surface area contributed by atoms with Crippen molar-refractivity contribution >= 4 is 21.4 Å². The van der Waals surface area contributed by atoms with Crippen molar-refractivity contribution in [1.29, 1.82) is 0 Å². The van der Waals surface area contributed by atoms with Crippen LogP contribution in [-0.4, -0.2) is 15.0 Å². The first kappa shape index (κ1) is 13.9. The van der Waals surface area contributed by atoms with Crippen LogP contribution in [0.4, 0.5) is 15.8 Å². The van der Waals surface area contributed by atoms with Gasteiger partial charge in [-0.2, -0.15) is 0 Å². The molecular weight excluding hydrogens is 291 g/mol. The lowest BCUT2D eigenvalue weighted by Crippen LogP contribution is -2.14. The maximum absolute atomic E-state index is 13.1. The lowest BCUT2D eigenvalue weighted by Gasteiger charge is -2.11. The zero-order valence-electron chi connectivity index (χ0n) is 11.5. The highest BCUT2D eigenvalue weighted by molar-refractivity contribution is 7.92. The van der Waals surface area contributed by atoms with Gasteiger partial charge in [-0.15, -0.1) is 0 Å².